The minimum Gasteiger partial charge on any atom is -0.481 e. The van der Waals surface area contributed by atoms with Crippen LogP contribution in [0.4, 0.5) is 0 Å². The summed E-state index contributed by atoms with van der Waals surface area (Å²) in [6.45, 7) is 20.8. The number of carboxylic acids is 1. The molecule has 1 heterocycles. The van der Waals surface area contributed by atoms with E-state index < -0.39 is 28.9 Å². The van der Waals surface area contributed by atoms with Crippen LogP contribution < -0.4 is 0 Å². The quantitative estimate of drug-likeness (QED) is 0.212. The topological polar surface area (TPSA) is 135 Å². The summed E-state index contributed by atoms with van der Waals surface area (Å²) in [6, 6.07) is 7.58. The first kappa shape index (κ1) is 44.0. The van der Waals surface area contributed by atoms with Crippen molar-refractivity contribution >= 4 is 29.3 Å². The molecule has 0 amide bonds. The Morgan fingerprint density at radius 3 is 2.25 bits per heavy atom. The number of likely N-dealkylation sites (N-methyl/N-ethyl adjacent to an activating group) is 1. The molecule has 0 saturated heterocycles. The molecule has 0 aliphatic heterocycles. The fourth-order valence-electron chi connectivity index (χ4n) is 13.9. The standard InChI is InChI=1S/C48H69ClN4O6/c1-28(2)37-32(54)26-48(39(56)41-51-50-40(53(41)25-24-52(10)11)29-12-14-30(49)15-13-29)23-22-46(8)31(38(37)48)16-17-34-45(7)20-19-35(59-36(55)27-43(3,4)42(57)58)44(5,6)33(45)18-21-47(34,46)9/h12-15,28,31,33-35,39,56H,16-27H2,1-11H3,(H,57,58)/t31-,33+,34-,35+,39-,45+,46-,47-,48-/m1/s1. The molecular formula is C48H69ClN4O6. The van der Waals surface area contributed by atoms with E-state index in [9.17, 15) is 24.6 Å². The largest absolute Gasteiger partial charge is 0.481 e. The third-order valence-electron chi connectivity index (χ3n) is 17.3. The highest BCUT2D eigenvalue weighted by molar-refractivity contribution is 6.30. The Kier molecular flexibility index (Phi) is 11.2. The number of benzene rings is 1. The van der Waals surface area contributed by atoms with E-state index in [0.717, 1.165) is 62.6 Å². The van der Waals surface area contributed by atoms with Crippen molar-refractivity contribution in [2.45, 2.75) is 145 Å². The first-order valence-corrected chi connectivity index (χ1v) is 22.5. The summed E-state index contributed by atoms with van der Waals surface area (Å²) < 4.78 is 8.26. The predicted molar refractivity (Wildman–Crippen MR) is 229 cm³/mol. The molecule has 0 bridgehead atoms. The summed E-state index contributed by atoms with van der Waals surface area (Å²) in [5, 5.41) is 32.7. The van der Waals surface area contributed by atoms with Gasteiger partial charge in [0.15, 0.2) is 17.4 Å². The molecule has 4 saturated carbocycles. The van der Waals surface area contributed by atoms with Crippen LogP contribution in [-0.2, 0) is 25.7 Å². The third-order valence-corrected chi connectivity index (χ3v) is 17.5. The average molecular weight is 834 g/mol. The number of nitrogens with zero attached hydrogens (tertiary/aromatic N) is 4. The SMILES string of the molecule is CC(C)C1=C2[C@H]3CC[C@@H]4[C@@]5(C)CC[C@H](OC(=O)CC(C)(C)C(=O)O)C(C)(C)[C@@H]5CC[C@@]4(C)[C@]3(C)CC[C@@]2([C@H](O)c2nnc(-c3ccc(Cl)cc3)n2CCN(C)C)CC1=O. The number of ketones is 1. The monoisotopic (exact) mass is 832 g/mol. The van der Waals surface area contributed by atoms with Gasteiger partial charge in [0.1, 0.15) is 12.2 Å². The van der Waals surface area contributed by atoms with E-state index in [1.807, 2.05) is 38.4 Å². The van der Waals surface area contributed by atoms with Crippen LogP contribution in [0, 0.1) is 56.2 Å². The molecule has 324 valence electrons. The molecule has 9 atom stereocenters. The molecule has 7 rings (SSSR count). The molecular weight excluding hydrogens is 764 g/mol. The summed E-state index contributed by atoms with van der Waals surface area (Å²) in [6.07, 6.45) is 6.22. The molecule has 4 fully saturated rings. The Labute approximate surface area is 356 Å². The highest BCUT2D eigenvalue weighted by Gasteiger charge is 2.71. The van der Waals surface area contributed by atoms with Gasteiger partial charge in [0, 0.05) is 40.9 Å². The van der Waals surface area contributed by atoms with Crippen LogP contribution in [0.1, 0.15) is 138 Å². The van der Waals surface area contributed by atoms with Gasteiger partial charge in [-0.3, -0.25) is 14.4 Å². The van der Waals surface area contributed by atoms with Crippen molar-refractivity contribution in [1.82, 2.24) is 19.7 Å². The van der Waals surface area contributed by atoms with E-state index in [1.54, 1.807) is 13.8 Å². The van der Waals surface area contributed by atoms with Crippen molar-refractivity contribution in [2.24, 2.45) is 56.2 Å². The second-order valence-electron chi connectivity index (χ2n) is 21.8. The average Bonchev–Trinajstić information content (AvgIpc) is 3.70. The summed E-state index contributed by atoms with van der Waals surface area (Å²) in [5.74, 6) is 0.886. The number of allylic oxidation sites excluding steroid dienone is 1. The number of aliphatic hydroxyl groups excluding tert-OH is 1. The number of rotatable bonds is 11. The number of aliphatic hydroxyl groups is 1. The van der Waals surface area contributed by atoms with Crippen molar-refractivity contribution < 1.29 is 29.3 Å². The molecule has 2 aromatic rings. The summed E-state index contributed by atoms with van der Waals surface area (Å²) in [5.41, 5.74) is 0.676. The van der Waals surface area contributed by atoms with Crippen molar-refractivity contribution in [3.05, 3.63) is 46.3 Å². The number of halogens is 1. The smallest absolute Gasteiger partial charge is 0.309 e. The highest BCUT2D eigenvalue weighted by atomic mass is 35.5. The van der Waals surface area contributed by atoms with E-state index in [1.165, 1.54) is 5.57 Å². The van der Waals surface area contributed by atoms with E-state index in [0.29, 0.717) is 41.5 Å². The molecule has 2 N–H and O–H groups in total. The van der Waals surface area contributed by atoms with Crippen LogP contribution in [0.15, 0.2) is 35.4 Å². The molecule has 11 heteroatoms. The van der Waals surface area contributed by atoms with E-state index in [2.05, 4.69) is 57.9 Å². The Morgan fingerprint density at radius 1 is 0.949 bits per heavy atom. The van der Waals surface area contributed by atoms with Crippen LogP contribution in [-0.4, -0.2) is 74.3 Å². The van der Waals surface area contributed by atoms with Gasteiger partial charge >= 0.3 is 11.9 Å². The number of hydrogen-bond acceptors (Lipinski definition) is 8. The van der Waals surface area contributed by atoms with Crippen LogP contribution >= 0.6 is 11.6 Å². The van der Waals surface area contributed by atoms with Gasteiger partial charge in [-0.05, 0) is 155 Å². The first-order valence-electron chi connectivity index (χ1n) is 22.2. The normalized spacial score (nSPS) is 34.6. The second-order valence-corrected chi connectivity index (χ2v) is 22.2. The fourth-order valence-corrected chi connectivity index (χ4v) is 14.1. The zero-order valence-corrected chi connectivity index (χ0v) is 38.2. The van der Waals surface area contributed by atoms with Gasteiger partial charge < -0.3 is 24.4 Å². The van der Waals surface area contributed by atoms with Gasteiger partial charge in [-0.15, -0.1) is 10.2 Å². The van der Waals surface area contributed by atoms with Gasteiger partial charge in [-0.25, -0.2) is 0 Å². The Balaban J connectivity index is 1.23. The number of aromatic nitrogens is 3. The third kappa shape index (κ3) is 6.84. The summed E-state index contributed by atoms with van der Waals surface area (Å²) >= 11 is 6.27. The number of fused-ring (bicyclic) bond motifs is 7. The van der Waals surface area contributed by atoms with Gasteiger partial charge in [0.2, 0.25) is 0 Å². The molecule has 5 aliphatic carbocycles. The van der Waals surface area contributed by atoms with E-state index in [-0.39, 0.29) is 58.2 Å². The Morgan fingerprint density at radius 2 is 1.63 bits per heavy atom. The molecule has 1 aromatic heterocycles. The summed E-state index contributed by atoms with van der Waals surface area (Å²) in [7, 11) is 4.07. The number of Topliss-reactive ketones (excluding diaryl/α,β-unsaturated/α-hetero) is 1. The van der Waals surface area contributed by atoms with Crippen molar-refractivity contribution in [3.8, 4) is 11.4 Å². The van der Waals surface area contributed by atoms with E-state index >= 15 is 0 Å². The van der Waals surface area contributed by atoms with Gasteiger partial charge in [0.05, 0.1) is 11.8 Å². The van der Waals surface area contributed by atoms with Crippen LogP contribution in [0.3, 0.4) is 0 Å². The fraction of sp³-hybridized carbons (Fsp3) is 0.729. The van der Waals surface area contributed by atoms with Crippen LogP contribution in [0.5, 0.6) is 0 Å². The number of hydrogen-bond donors (Lipinski definition) is 2. The van der Waals surface area contributed by atoms with Gasteiger partial charge in [0.25, 0.3) is 0 Å². The minimum absolute atomic E-state index is 0.0163. The number of esters is 1. The lowest BCUT2D eigenvalue weighted by Gasteiger charge is -2.72. The van der Waals surface area contributed by atoms with E-state index in [4.69, 9.17) is 26.5 Å². The highest BCUT2D eigenvalue weighted by Crippen LogP contribution is 2.77. The molecule has 10 nitrogen and oxygen atoms in total. The lowest BCUT2D eigenvalue weighted by Crippen LogP contribution is -2.66. The number of carbonyl (C=O) groups excluding carboxylic acids is 2. The zero-order valence-electron chi connectivity index (χ0n) is 37.5. The van der Waals surface area contributed by atoms with Gasteiger partial charge in [-0.1, -0.05) is 60.1 Å². The zero-order chi connectivity index (χ0) is 43.2. The molecule has 0 radical (unpaired) electrons. The lowest BCUT2D eigenvalue weighted by molar-refractivity contribution is -0.235. The van der Waals surface area contributed by atoms with Crippen molar-refractivity contribution in [2.75, 3.05) is 20.6 Å². The Bertz CT molecular complexity index is 2020. The van der Waals surface area contributed by atoms with Crippen molar-refractivity contribution in [1.29, 1.82) is 0 Å². The number of ether oxygens (including phenoxy) is 1. The maximum atomic E-state index is 14.5. The first-order chi connectivity index (χ1) is 27.4. The number of aliphatic carboxylic acids is 1. The molecule has 1 aromatic carbocycles. The van der Waals surface area contributed by atoms with Crippen LogP contribution in [0.25, 0.3) is 11.4 Å². The second kappa shape index (κ2) is 15.1. The lowest BCUT2D eigenvalue weighted by atomic mass is 9.33. The molecule has 0 unspecified atom stereocenters. The maximum Gasteiger partial charge on any atom is 0.309 e. The Hall–Kier alpha value is -3.08. The van der Waals surface area contributed by atoms with Gasteiger partial charge in [-0.2, -0.15) is 0 Å². The molecule has 5 aliphatic rings. The van der Waals surface area contributed by atoms with Crippen molar-refractivity contribution in [3.63, 3.8) is 0 Å². The van der Waals surface area contributed by atoms with Crippen LogP contribution in [0.2, 0.25) is 5.02 Å². The molecule has 0 spiro atoms. The predicted octanol–water partition coefficient (Wildman–Crippen LogP) is 9.59. The number of carbonyl (C=O) groups is 3. The number of carboxylic acid groups (broad SMARTS) is 1. The maximum absolute atomic E-state index is 14.5. The summed E-state index contributed by atoms with van der Waals surface area (Å²) in [4.78, 5) is 41.6. The minimum atomic E-state index is -1.18. The molecule has 59 heavy (non-hydrogen) atoms.